The number of aryl methyl sites for hydroxylation is 1. The third kappa shape index (κ3) is 7.37. The van der Waals surface area contributed by atoms with E-state index in [1.807, 2.05) is 6.92 Å². The van der Waals surface area contributed by atoms with Crippen LogP contribution in [0.25, 0.3) is 0 Å². The number of carboxylic acids is 1. The molecule has 0 amide bonds. The van der Waals surface area contributed by atoms with Crippen LogP contribution in [0.15, 0.2) is 47.4 Å². The van der Waals surface area contributed by atoms with Gasteiger partial charge in [0, 0.05) is 6.07 Å². The topological polar surface area (TPSA) is 119 Å². The molecule has 0 saturated heterocycles. The predicted octanol–water partition coefficient (Wildman–Crippen LogP) is 2.28. The summed E-state index contributed by atoms with van der Waals surface area (Å²) < 4.78 is 40.3. The fraction of sp³-hybridized carbons (Fsp3) is 0.350. The summed E-state index contributed by atoms with van der Waals surface area (Å²) in [4.78, 5) is 11.1. The molecule has 0 unspecified atom stereocenters. The number of phenols is 1. The molecule has 0 radical (unpaired) electrons. The van der Waals surface area contributed by atoms with Gasteiger partial charge in [-0.1, -0.05) is 17.7 Å². The van der Waals surface area contributed by atoms with E-state index in [1.54, 1.807) is 24.3 Å². The first kappa shape index (κ1) is 22.7. The molecule has 0 saturated carbocycles. The highest BCUT2D eigenvalue weighted by Gasteiger charge is 2.13. The van der Waals surface area contributed by atoms with E-state index in [1.165, 1.54) is 18.2 Å². The summed E-state index contributed by atoms with van der Waals surface area (Å²) in [5.74, 6) is -1.36. The fourth-order valence-corrected chi connectivity index (χ4v) is 3.48. The number of benzene rings is 2. The number of carbonyl (C=O) groups is 1. The summed E-state index contributed by atoms with van der Waals surface area (Å²) in [6, 6.07) is 10.6. The molecule has 0 aliphatic heterocycles. The van der Waals surface area contributed by atoms with Gasteiger partial charge in [-0.3, -0.25) is 0 Å². The summed E-state index contributed by atoms with van der Waals surface area (Å²) in [6.45, 7) is 2.95. The molecule has 0 fully saturated rings. The van der Waals surface area contributed by atoms with Crippen molar-refractivity contribution >= 4 is 15.8 Å². The quantitative estimate of drug-likeness (QED) is 0.498. The first-order chi connectivity index (χ1) is 13.8. The summed E-state index contributed by atoms with van der Waals surface area (Å²) in [5.41, 5.74) is 0.797. The Morgan fingerprint density at radius 3 is 2.17 bits per heavy atom. The number of hydrogen-bond acceptors (Lipinski definition) is 7. The highest BCUT2D eigenvalue weighted by atomic mass is 32.2. The standard InChI is InChI=1S/C20H24O8S/c1-15-2-5-17(6-3-15)29(24,25)13-12-27-9-8-26-10-11-28-16-4-7-18(20(22)23)19(21)14-16/h2-7,14,21H,8-13H2,1H3,(H,22,23). The second-order valence-corrected chi connectivity index (χ2v) is 8.30. The van der Waals surface area contributed by atoms with Crippen molar-refractivity contribution in [1.29, 1.82) is 0 Å². The molecule has 0 aromatic heterocycles. The number of carboxylic acid groups (broad SMARTS) is 1. The van der Waals surface area contributed by atoms with Crippen molar-refractivity contribution in [1.82, 2.24) is 0 Å². The number of aromatic hydroxyl groups is 1. The molecule has 0 heterocycles. The highest BCUT2D eigenvalue weighted by Crippen LogP contribution is 2.23. The van der Waals surface area contributed by atoms with Crippen molar-refractivity contribution in [2.45, 2.75) is 11.8 Å². The molecule has 0 aliphatic carbocycles. The van der Waals surface area contributed by atoms with Gasteiger partial charge in [-0.2, -0.15) is 0 Å². The highest BCUT2D eigenvalue weighted by molar-refractivity contribution is 7.91. The largest absolute Gasteiger partial charge is 0.507 e. The van der Waals surface area contributed by atoms with Gasteiger partial charge in [0.15, 0.2) is 9.84 Å². The van der Waals surface area contributed by atoms with E-state index in [4.69, 9.17) is 19.3 Å². The number of ether oxygens (including phenoxy) is 3. The lowest BCUT2D eigenvalue weighted by Crippen LogP contribution is -2.15. The maximum absolute atomic E-state index is 12.2. The monoisotopic (exact) mass is 424 g/mol. The van der Waals surface area contributed by atoms with Gasteiger partial charge in [-0.05, 0) is 31.2 Å². The summed E-state index contributed by atoms with van der Waals surface area (Å²) in [7, 11) is -3.36. The van der Waals surface area contributed by atoms with E-state index in [9.17, 15) is 18.3 Å². The second-order valence-electron chi connectivity index (χ2n) is 6.19. The van der Waals surface area contributed by atoms with Gasteiger partial charge in [-0.15, -0.1) is 0 Å². The third-order valence-corrected chi connectivity index (χ3v) is 5.64. The van der Waals surface area contributed by atoms with Crippen LogP contribution in [-0.2, 0) is 19.3 Å². The van der Waals surface area contributed by atoms with Crippen LogP contribution in [0.3, 0.4) is 0 Å². The lowest BCUT2D eigenvalue weighted by Gasteiger charge is -2.09. The molecular formula is C20H24O8S. The molecule has 0 bridgehead atoms. The van der Waals surface area contributed by atoms with E-state index < -0.39 is 15.8 Å². The van der Waals surface area contributed by atoms with Crippen LogP contribution < -0.4 is 4.74 Å². The first-order valence-electron chi connectivity index (χ1n) is 8.93. The minimum atomic E-state index is -3.36. The molecule has 158 valence electrons. The Labute approximate surface area is 169 Å². The van der Waals surface area contributed by atoms with Gasteiger partial charge in [-0.25, -0.2) is 13.2 Å². The van der Waals surface area contributed by atoms with Crippen molar-refractivity contribution < 1.29 is 37.6 Å². The molecule has 2 aromatic rings. The van der Waals surface area contributed by atoms with E-state index in [0.717, 1.165) is 5.56 Å². The Hall–Kier alpha value is -2.62. The zero-order valence-electron chi connectivity index (χ0n) is 16.0. The maximum Gasteiger partial charge on any atom is 0.339 e. The zero-order valence-corrected chi connectivity index (χ0v) is 16.9. The summed E-state index contributed by atoms with van der Waals surface area (Å²) in [6.07, 6.45) is 0. The van der Waals surface area contributed by atoms with E-state index >= 15 is 0 Å². The summed E-state index contributed by atoms with van der Waals surface area (Å²) in [5, 5.41) is 18.4. The van der Waals surface area contributed by atoms with Crippen molar-refractivity contribution in [2.75, 3.05) is 38.8 Å². The van der Waals surface area contributed by atoms with Crippen LogP contribution >= 0.6 is 0 Å². The molecule has 8 nitrogen and oxygen atoms in total. The fourth-order valence-electron chi connectivity index (χ4n) is 2.35. The minimum absolute atomic E-state index is 0.0747. The molecule has 2 rings (SSSR count). The lowest BCUT2D eigenvalue weighted by atomic mass is 10.2. The second kappa shape index (κ2) is 10.8. The van der Waals surface area contributed by atoms with Crippen molar-refractivity contribution in [3.8, 4) is 11.5 Å². The molecule has 2 aromatic carbocycles. The number of sulfone groups is 1. The van der Waals surface area contributed by atoms with Crippen molar-refractivity contribution in [3.05, 3.63) is 53.6 Å². The number of aromatic carboxylic acids is 1. The van der Waals surface area contributed by atoms with Crippen LogP contribution in [-0.4, -0.2) is 63.4 Å². The van der Waals surface area contributed by atoms with Gasteiger partial charge in [0.1, 0.15) is 23.7 Å². The number of rotatable bonds is 12. The smallest absolute Gasteiger partial charge is 0.339 e. The predicted molar refractivity (Wildman–Crippen MR) is 105 cm³/mol. The SMILES string of the molecule is Cc1ccc(S(=O)(=O)CCOCCOCCOc2ccc(C(=O)O)c(O)c2)cc1. The van der Waals surface area contributed by atoms with Gasteiger partial charge < -0.3 is 24.4 Å². The Morgan fingerprint density at radius 1 is 0.931 bits per heavy atom. The molecule has 0 spiro atoms. The average Bonchev–Trinajstić information content (AvgIpc) is 2.66. The van der Waals surface area contributed by atoms with Gasteiger partial charge in [0.2, 0.25) is 0 Å². The molecule has 9 heteroatoms. The molecule has 0 aliphatic rings. The molecule has 2 N–H and O–H groups in total. The van der Waals surface area contributed by atoms with Crippen LogP contribution in [0.4, 0.5) is 0 Å². The first-order valence-corrected chi connectivity index (χ1v) is 10.6. The van der Waals surface area contributed by atoms with Crippen LogP contribution in [0.1, 0.15) is 15.9 Å². The summed E-state index contributed by atoms with van der Waals surface area (Å²) >= 11 is 0. The molecule has 0 atom stereocenters. The molecule has 29 heavy (non-hydrogen) atoms. The Bertz CT molecular complexity index is 907. The molecular weight excluding hydrogens is 400 g/mol. The number of hydrogen-bond donors (Lipinski definition) is 2. The van der Waals surface area contributed by atoms with Crippen molar-refractivity contribution in [2.24, 2.45) is 0 Å². The van der Waals surface area contributed by atoms with E-state index in [2.05, 4.69) is 0 Å². The maximum atomic E-state index is 12.2. The average molecular weight is 424 g/mol. The van der Waals surface area contributed by atoms with Gasteiger partial charge in [0.05, 0.1) is 37.1 Å². The Balaban J connectivity index is 1.57. The van der Waals surface area contributed by atoms with Crippen LogP contribution in [0, 0.1) is 6.92 Å². The Kier molecular flexibility index (Phi) is 8.44. The normalized spacial score (nSPS) is 11.3. The van der Waals surface area contributed by atoms with Crippen molar-refractivity contribution in [3.63, 3.8) is 0 Å². The van der Waals surface area contributed by atoms with Crippen LogP contribution in [0.5, 0.6) is 11.5 Å². The Morgan fingerprint density at radius 2 is 1.55 bits per heavy atom. The lowest BCUT2D eigenvalue weighted by molar-refractivity contribution is 0.0409. The van der Waals surface area contributed by atoms with Gasteiger partial charge >= 0.3 is 5.97 Å². The minimum Gasteiger partial charge on any atom is -0.507 e. The van der Waals surface area contributed by atoms with Crippen LogP contribution in [0.2, 0.25) is 0 Å². The van der Waals surface area contributed by atoms with Gasteiger partial charge in [0.25, 0.3) is 0 Å². The zero-order chi connectivity index (χ0) is 21.3. The van der Waals surface area contributed by atoms with E-state index in [-0.39, 0.29) is 55.0 Å². The van der Waals surface area contributed by atoms with E-state index in [0.29, 0.717) is 5.75 Å². The third-order valence-electron chi connectivity index (χ3n) is 3.94.